The van der Waals surface area contributed by atoms with E-state index < -0.39 is 0 Å². The maximum absolute atomic E-state index is 5.88. The van der Waals surface area contributed by atoms with Crippen molar-refractivity contribution in [2.24, 2.45) is 16.6 Å². The molecule has 2 aliphatic heterocycles. The van der Waals surface area contributed by atoms with Crippen LogP contribution in [0.15, 0.2) is 39.5 Å². The number of nitrogens with zero attached hydrogens (tertiary/aromatic N) is 1. The van der Waals surface area contributed by atoms with E-state index in [4.69, 9.17) is 5.73 Å². The number of hydrogen-bond acceptors (Lipinski definition) is 4. The third-order valence-electron chi connectivity index (χ3n) is 2.46. The van der Waals surface area contributed by atoms with Crippen LogP contribution in [-0.2, 0) is 0 Å². The van der Waals surface area contributed by atoms with Gasteiger partial charge in [-0.1, -0.05) is 30.0 Å². The Bertz CT molecular complexity index is 378. The van der Waals surface area contributed by atoms with Gasteiger partial charge in [-0.3, -0.25) is 4.99 Å². The summed E-state index contributed by atoms with van der Waals surface area (Å²) in [7, 11) is 0. The third-order valence-corrected chi connectivity index (χ3v) is 3.72. The van der Waals surface area contributed by atoms with Crippen molar-refractivity contribution in [3.05, 3.63) is 34.5 Å². The summed E-state index contributed by atoms with van der Waals surface area (Å²) in [5.74, 6) is 1.16. The molecular weight excluding hydrogens is 182 g/mol. The van der Waals surface area contributed by atoms with Crippen molar-refractivity contribution in [1.82, 2.24) is 5.32 Å². The summed E-state index contributed by atoms with van der Waals surface area (Å²) < 4.78 is 0. The van der Waals surface area contributed by atoms with Crippen molar-refractivity contribution < 1.29 is 0 Å². The first-order valence-electron chi connectivity index (χ1n) is 4.19. The van der Waals surface area contributed by atoms with Crippen LogP contribution in [0.2, 0.25) is 0 Å². The fourth-order valence-electron chi connectivity index (χ4n) is 1.84. The zero-order valence-corrected chi connectivity index (χ0v) is 7.71. The molecule has 66 valence electrons. The van der Waals surface area contributed by atoms with E-state index in [1.54, 1.807) is 18.1 Å². The molecule has 0 aromatic rings. The first-order chi connectivity index (χ1) is 6.36. The molecule has 0 amide bonds. The molecule has 2 heterocycles. The van der Waals surface area contributed by atoms with E-state index in [1.807, 2.05) is 0 Å². The Morgan fingerprint density at radius 3 is 3.38 bits per heavy atom. The molecule has 1 saturated heterocycles. The minimum atomic E-state index is 0.211. The van der Waals surface area contributed by atoms with Gasteiger partial charge in [-0.25, -0.2) is 0 Å². The third kappa shape index (κ3) is 0.891. The van der Waals surface area contributed by atoms with Gasteiger partial charge in [0.05, 0.1) is 6.34 Å². The summed E-state index contributed by atoms with van der Waals surface area (Å²) in [6, 6.07) is 0. The molecule has 1 fully saturated rings. The van der Waals surface area contributed by atoms with Crippen LogP contribution < -0.4 is 11.1 Å². The highest BCUT2D eigenvalue weighted by Crippen LogP contribution is 2.50. The summed E-state index contributed by atoms with van der Waals surface area (Å²) in [5.41, 5.74) is 7.09. The Morgan fingerprint density at radius 1 is 1.54 bits per heavy atom. The maximum atomic E-state index is 5.88. The van der Waals surface area contributed by atoms with Gasteiger partial charge in [0.15, 0.2) is 0 Å². The minimum Gasteiger partial charge on any atom is -0.385 e. The van der Waals surface area contributed by atoms with Crippen molar-refractivity contribution in [3.63, 3.8) is 0 Å². The molecule has 4 heteroatoms. The highest BCUT2D eigenvalue weighted by molar-refractivity contribution is 8.04. The number of thioether (sulfide) groups is 1. The molecule has 0 spiro atoms. The number of rotatable bonds is 0. The Balaban J connectivity index is 2.10. The SMILES string of the molecule is NC1=C2C(N=CN1)SC1=CC=CC12. The van der Waals surface area contributed by atoms with Crippen molar-refractivity contribution in [1.29, 1.82) is 0 Å². The van der Waals surface area contributed by atoms with Gasteiger partial charge >= 0.3 is 0 Å². The molecule has 0 radical (unpaired) electrons. The molecule has 3 N–H and O–H groups in total. The zero-order chi connectivity index (χ0) is 8.84. The van der Waals surface area contributed by atoms with E-state index in [0.29, 0.717) is 5.92 Å². The second kappa shape index (κ2) is 2.42. The summed E-state index contributed by atoms with van der Waals surface area (Å²) in [5, 5.41) is 3.17. The lowest BCUT2D eigenvalue weighted by Gasteiger charge is -2.17. The molecule has 0 aromatic carbocycles. The average molecular weight is 191 g/mol. The lowest BCUT2D eigenvalue weighted by atomic mass is 10.0. The quantitative estimate of drug-likeness (QED) is 0.599. The predicted octanol–water partition coefficient (Wildman–Crippen LogP) is 0.931. The van der Waals surface area contributed by atoms with E-state index in [9.17, 15) is 0 Å². The smallest absolute Gasteiger partial charge is 0.127 e. The summed E-state index contributed by atoms with van der Waals surface area (Å²) in [6.07, 6.45) is 8.08. The van der Waals surface area contributed by atoms with Gasteiger partial charge in [0, 0.05) is 11.5 Å². The van der Waals surface area contributed by atoms with Crippen LogP contribution in [0.5, 0.6) is 0 Å². The summed E-state index contributed by atoms with van der Waals surface area (Å²) >= 11 is 1.79. The van der Waals surface area contributed by atoms with Crippen LogP contribution in [0, 0.1) is 5.92 Å². The Hall–Kier alpha value is -1.16. The van der Waals surface area contributed by atoms with Crippen molar-refractivity contribution in [2.75, 3.05) is 0 Å². The minimum absolute atomic E-state index is 0.211. The molecule has 3 aliphatic rings. The van der Waals surface area contributed by atoms with Crippen LogP contribution in [0.1, 0.15) is 0 Å². The van der Waals surface area contributed by atoms with Crippen LogP contribution in [0.25, 0.3) is 0 Å². The largest absolute Gasteiger partial charge is 0.385 e. The number of nitrogens with two attached hydrogens (primary N) is 1. The van der Waals surface area contributed by atoms with Crippen LogP contribution in [-0.4, -0.2) is 11.7 Å². The van der Waals surface area contributed by atoms with E-state index in [-0.39, 0.29) is 5.37 Å². The fraction of sp³-hybridized carbons (Fsp3) is 0.222. The van der Waals surface area contributed by atoms with E-state index in [2.05, 4.69) is 28.5 Å². The fourth-order valence-corrected chi connectivity index (χ4v) is 3.13. The van der Waals surface area contributed by atoms with Crippen molar-refractivity contribution >= 4 is 18.1 Å². The van der Waals surface area contributed by atoms with Gasteiger partial charge in [-0.15, -0.1) is 0 Å². The van der Waals surface area contributed by atoms with Gasteiger partial charge in [0.25, 0.3) is 0 Å². The van der Waals surface area contributed by atoms with Crippen molar-refractivity contribution in [2.45, 2.75) is 5.37 Å². The standard InChI is InChI=1S/C9H9N3S/c10-8-7-5-2-1-3-6(5)13-9(7)12-4-11-8/h1-5,9H,10H2,(H,11,12). The monoisotopic (exact) mass is 191 g/mol. The average Bonchev–Trinajstić information content (AvgIpc) is 2.62. The highest BCUT2D eigenvalue weighted by Gasteiger charge is 2.37. The summed E-state index contributed by atoms with van der Waals surface area (Å²) in [4.78, 5) is 5.70. The second-order valence-electron chi connectivity index (χ2n) is 3.19. The predicted molar refractivity (Wildman–Crippen MR) is 54.9 cm³/mol. The zero-order valence-electron chi connectivity index (χ0n) is 6.90. The topological polar surface area (TPSA) is 50.4 Å². The molecule has 13 heavy (non-hydrogen) atoms. The van der Waals surface area contributed by atoms with Crippen LogP contribution in [0.3, 0.4) is 0 Å². The Morgan fingerprint density at radius 2 is 2.46 bits per heavy atom. The molecule has 0 saturated carbocycles. The number of aliphatic imine (C=N–C) groups is 1. The normalized spacial score (nSPS) is 34.3. The van der Waals surface area contributed by atoms with E-state index in [1.165, 1.54) is 10.5 Å². The molecule has 2 unspecified atom stereocenters. The molecule has 3 rings (SSSR count). The highest BCUT2D eigenvalue weighted by atomic mass is 32.2. The Labute approximate surface area is 80.5 Å². The number of nitrogens with one attached hydrogen (secondary N) is 1. The molecule has 0 aromatic heterocycles. The van der Waals surface area contributed by atoms with E-state index >= 15 is 0 Å². The van der Waals surface area contributed by atoms with Gasteiger partial charge in [0.1, 0.15) is 11.2 Å². The van der Waals surface area contributed by atoms with E-state index in [0.717, 1.165) is 5.82 Å². The number of fused-ring (bicyclic) bond motifs is 3. The first-order valence-corrected chi connectivity index (χ1v) is 5.07. The van der Waals surface area contributed by atoms with Gasteiger partial charge in [-0.2, -0.15) is 0 Å². The van der Waals surface area contributed by atoms with Crippen LogP contribution >= 0.6 is 11.8 Å². The van der Waals surface area contributed by atoms with Gasteiger partial charge < -0.3 is 11.1 Å². The molecule has 1 aliphatic carbocycles. The summed E-state index contributed by atoms with van der Waals surface area (Å²) in [6.45, 7) is 0. The molecule has 2 atom stereocenters. The molecular formula is C9H9N3S. The van der Waals surface area contributed by atoms with Gasteiger partial charge in [-0.05, 0) is 4.91 Å². The Kier molecular flexibility index (Phi) is 1.35. The van der Waals surface area contributed by atoms with Crippen molar-refractivity contribution in [3.8, 4) is 0 Å². The molecule has 0 bridgehead atoms. The lowest BCUT2D eigenvalue weighted by molar-refractivity contribution is 0.832. The van der Waals surface area contributed by atoms with Gasteiger partial charge in [0.2, 0.25) is 0 Å². The van der Waals surface area contributed by atoms with Crippen LogP contribution in [0.4, 0.5) is 0 Å². The second-order valence-corrected chi connectivity index (χ2v) is 4.35. The lowest BCUT2D eigenvalue weighted by Crippen LogP contribution is -2.28. The number of allylic oxidation sites excluding steroid dienone is 4. The first kappa shape index (κ1) is 7.26. The maximum Gasteiger partial charge on any atom is 0.127 e. The number of hydrogen-bond donors (Lipinski definition) is 2. The molecule has 3 nitrogen and oxygen atoms in total.